The van der Waals surface area contributed by atoms with Gasteiger partial charge in [-0.25, -0.2) is 0 Å². The summed E-state index contributed by atoms with van der Waals surface area (Å²) in [7, 11) is 4.00. The highest BCUT2D eigenvalue weighted by molar-refractivity contribution is 5.75. The molecule has 0 saturated heterocycles. The second-order valence-electron chi connectivity index (χ2n) is 6.01. The zero-order chi connectivity index (χ0) is 17.4. The Morgan fingerprint density at radius 1 is 1.39 bits per heavy atom. The van der Waals surface area contributed by atoms with E-state index in [1.165, 1.54) is 6.07 Å². The Hall–Kier alpha value is -1.95. The molecular weight excluding hydrogens is 294 g/mol. The number of aliphatic imine (C=N–C) groups is 1. The third-order valence-corrected chi connectivity index (χ3v) is 3.50. The van der Waals surface area contributed by atoms with Gasteiger partial charge in [0.15, 0.2) is 5.90 Å². The molecule has 0 aromatic heterocycles. The number of benzene rings is 1. The van der Waals surface area contributed by atoms with Gasteiger partial charge in [0, 0.05) is 25.1 Å². The first-order chi connectivity index (χ1) is 10.8. The number of ether oxygens (including phenoxy) is 1. The molecule has 0 fully saturated rings. The molecule has 0 aliphatic carbocycles. The maximum atomic E-state index is 10.9. The van der Waals surface area contributed by atoms with E-state index in [0.717, 1.165) is 30.0 Å². The largest absolute Gasteiger partial charge is 0.480 e. The van der Waals surface area contributed by atoms with E-state index in [-0.39, 0.29) is 16.5 Å². The van der Waals surface area contributed by atoms with Crippen LogP contribution in [0.5, 0.6) is 0 Å². The van der Waals surface area contributed by atoms with Crippen LogP contribution in [0.15, 0.2) is 23.2 Å². The first kappa shape index (κ1) is 19.1. The van der Waals surface area contributed by atoms with Crippen molar-refractivity contribution in [3.63, 3.8) is 0 Å². The third kappa shape index (κ3) is 6.36. The minimum absolute atomic E-state index is 0.124. The van der Waals surface area contributed by atoms with Crippen LogP contribution in [0, 0.1) is 10.1 Å². The zero-order valence-electron chi connectivity index (χ0n) is 14.7. The second kappa shape index (κ2) is 9.25. The summed E-state index contributed by atoms with van der Waals surface area (Å²) in [5.74, 6) is 0.930. The molecule has 1 rings (SSSR count). The molecule has 6 nitrogen and oxygen atoms in total. The minimum atomic E-state index is -0.360. The van der Waals surface area contributed by atoms with Crippen molar-refractivity contribution in [2.45, 2.75) is 39.7 Å². The SMILES string of the molecule is CCC(=NCc1ccc([N+](=O)[O-])cc1C(C)C)OCCN(C)C. The molecule has 23 heavy (non-hydrogen) atoms. The molecule has 0 heterocycles. The normalized spacial score (nSPS) is 12.0. The van der Waals surface area contributed by atoms with Crippen molar-refractivity contribution >= 4 is 11.6 Å². The lowest BCUT2D eigenvalue weighted by atomic mass is 9.96. The lowest BCUT2D eigenvalue weighted by Crippen LogP contribution is -2.20. The summed E-state index contributed by atoms with van der Waals surface area (Å²) in [6, 6.07) is 4.98. The van der Waals surface area contributed by atoms with Crippen molar-refractivity contribution < 1.29 is 9.66 Å². The minimum Gasteiger partial charge on any atom is -0.480 e. The number of nitro benzene ring substituents is 1. The molecule has 128 valence electrons. The molecule has 0 spiro atoms. The molecule has 0 amide bonds. The lowest BCUT2D eigenvalue weighted by molar-refractivity contribution is -0.384. The van der Waals surface area contributed by atoms with Crippen LogP contribution in [0.2, 0.25) is 0 Å². The number of nitrogens with zero attached hydrogens (tertiary/aromatic N) is 3. The van der Waals surface area contributed by atoms with Gasteiger partial charge in [0.05, 0.1) is 11.5 Å². The molecular formula is C17H27N3O3. The Labute approximate surface area is 138 Å². The highest BCUT2D eigenvalue weighted by Gasteiger charge is 2.13. The first-order valence-corrected chi connectivity index (χ1v) is 7.93. The summed E-state index contributed by atoms with van der Waals surface area (Å²) in [5, 5.41) is 10.9. The lowest BCUT2D eigenvalue weighted by Gasteiger charge is -2.13. The summed E-state index contributed by atoms with van der Waals surface area (Å²) in [6.07, 6.45) is 0.734. The van der Waals surface area contributed by atoms with Crippen LogP contribution in [-0.4, -0.2) is 43.0 Å². The molecule has 0 N–H and O–H groups in total. The number of rotatable bonds is 8. The van der Waals surface area contributed by atoms with Crippen molar-refractivity contribution in [1.29, 1.82) is 0 Å². The molecule has 0 aliphatic rings. The molecule has 0 saturated carbocycles. The molecule has 0 radical (unpaired) electrons. The van der Waals surface area contributed by atoms with E-state index in [2.05, 4.69) is 9.89 Å². The van der Waals surface area contributed by atoms with Gasteiger partial charge in [0.25, 0.3) is 5.69 Å². The van der Waals surface area contributed by atoms with Crippen molar-refractivity contribution in [2.75, 3.05) is 27.2 Å². The van der Waals surface area contributed by atoms with E-state index in [9.17, 15) is 10.1 Å². The van der Waals surface area contributed by atoms with Crippen LogP contribution in [0.4, 0.5) is 5.69 Å². The van der Waals surface area contributed by atoms with Crippen LogP contribution in [-0.2, 0) is 11.3 Å². The average Bonchev–Trinajstić information content (AvgIpc) is 2.49. The number of hydrogen-bond acceptors (Lipinski definition) is 5. The molecule has 0 bridgehead atoms. The Bertz CT molecular complexity index is 554. The monoisotopic (exact) mass is 321 g/mol. The second-order valence-corrected chi connectivity index (χ2v) is 6.01. The highest BCUT2D eigenvalue weighted by atomic mass is 16.6. The standard InChI is InChI=1S/C17H27N3O3/c1-6-17(23-10-9-19(4)5)18-12-14-7-8-15(20(21)22)11-16(14)13(2)3/h7-8,11,13H,6,9-10,12H2,1-5H3. The van der Waals surface area contributed by atoms with Gasteiger partial charge < -0.3 is 9.64 Å². The topological polar surface area (TPSA) is 68.0 Å². The molecule has 1 aromatic carbocycles. The fourth-order valence-corrected chi connectivity index (χ4v) is 2.16. The van der Waals surface area contributed by atoms with Crippen molar-refractivity contribution in [3.05, 3.63) is 39.4 Å². The fourth-order valence-electron chi connectivity index (χ4n) is 2.16. The Balaban J connectivity index is 2.85. The van der Waals surface area contributed by atoms with Crippen LogP contribution >= 0.6 is 0 Å². The molecule has 1 aromatic rings. The number of hydrogen-bond donors (Lipinski definition) is 0. The van der Waals surface area contributed by atoms with Crippen molar-refractivity contribution in [1.82, 2.24) is 4.90 Å². The van der Waals surface area contributed by atoms with Crippen LogP contribution in [0.1, 0.15) is 44.2 Å². The smallest absolute Gasteiger partial charge is 0.269 e. The van der Waals surface area contributed by atoms with Gasteiger partial charge in [-0.2, -0.15) is 0 Å². The van der Waals surface area contributed by atoms with Gasteiger partial charge in [0.1, 0.15) is 6.61 Å². The predicted molar refractivity (Wildman–Crippen MR) is 93.1 cm³/mol. The van der Waals surface area contributed by atoms with Gasteiger partial charge in [-0.3, -0.25) is 15.1 Å². The Kier molecular flexibility index (Phi) is 7.68. The average molecular weight is 321 g/mol. The van der Waals surface area contributed by atoms with Gasteiger partial charge in [-0.15, -0.1) is 0 Å². The van der Waals surface area contributed by atoms with Gasteiger partial charge in [-0.05, 0) is 31.1 Å². The summed E-state index contributed by atoms with van der Waals surface area (Å²) >= 11 is 0. The molecule has 0 unspecified atom stereocenters. The van der Waals surface area contributed by atoms with E-state index in [1.807, 2.05) is 34.9 Å². The van der Waals surface area contributed by atoms with E-state index >= 15 is 0 Å². The predicted octanol–water partition coefficient (Wildman–Crippen LogP) is 3.60. The first-order valence-electron chi connectivity index (χ1n) is 7.93. The quantitative estimate of drug-likeness (QED) is 0.317. The van der Waals surface area contributed by atoms with Gasteiger partial charge in [0.2, 0.25) is 0 Å². The van der Waals surface area contributed by atoms with Crippen molar-refractivity contribution in [2.24, 2.45) is 4.99 Å². The van der Waals surface area contributed by atoms with Crippen LogP contribution < -0.4 is 0 Å². The fraction of sp³-hybridized carbons (Fsp3) is 0.588. The maximum absolute atomic E-state index is 10.9. The van der Waals surface area contributed by atoms with E-state index < -0.39 is 0 Å². The van der Waals surface area contributed by atoms with E-state index in [0.29, 0.717) is 13.2 Å². The van der Waals surface area contributed by atoms with E-state index in [1.54, 1.807) is 12.1 Å². The van der Waals surface area contributed by atoms with Crippen LogP contribution in [0.3, 0.4) is 0 Å². The molecule has 0 atom stereocenters. The highest BCUT2D eigenvalue weighted by Crippen LogP contribution is 2.25. The Morgan fingerprint density at radius 3 is 2.61 bits per heavy atom. The number of likely N-dealkylation sites (N-methyl/N-ethyl adjacent to an activating group) is 1. The number of nitro groups is 1. The molecule has 0 aliphatic heterocycles. The van der Waals surface area contributed by atoms with Gasteiger partial charge >= 0.3 is 0 Å². The molecule has 6 heteroatoms. The summed E-state index contributed by atoms with van der Waals surface area (Å²) < 4.78 is 5.69. The summed E-state index contributed by atoms with van der Waals surface area (Å²) in [5.41, 5.74) is 2.10. The third-order valence-electron chi connectivity index (χ3n) is 3.50. The Morgan fingerprint density at radius 2 is 2.09 bits per heavy atom. The number of non-ortho nitro benzene ring substituents is 1. The van der Waals surface area contributed by atoms with Crippen LogP contribution in [0.25, 0.3) is 0 Å². The zero-order valence-corrected chi connectivity index (χ0v) is 14.7. The summed E-state index contributed by atoms with van der Waals surface area (Å²) in [4.78, 5) is 17.2. The van der Waals surface area contributed by atoms with Gasteiger partial charge in [-0.1, -0.05) is 26.8 Å². The van der Waals surface area contributed by atoms with E-state index in [4.69, 9.17) is 4.74 Å². The summed E-state index contributed by atoms with van der Waals surface area (Å²) in [6.45, 7) is 8.00. The van der Waals surface area contributed by atoms with Crippen molar-refractivity contribution in [3.8, 4) is 0 Å². The maximum Gasteiger partial charge on any atom is 0.269 e.